The van der Waals surface area contributed by atoms with Crippen LogP contribution >= 0.6 is 15.9 Å². The minimum atomic E-state index is 0.688. The number of hydrogen-bond donors (Lipinski definition) is 1. The number of aromatic nitrogens is 4. The lowest BCUT2D eigenvalue weighted by Crippen LogP contribution is -2.15. The van der Waals surface area contributed by atoms with Crippen LogP contribution in [0.3, 0.4) is 0 Å². The van der Waals surface area contributed by atoms with Crippen LogP contribution in [-0.2, 0) is 13.1 Å². The van der Waals surface area contributed by atoms with Crippen LogP contribution in [0, 0.1) is 0 Å². The van der Waals surface area contributed by atoms with Crippen molar-refractivity contribution in [1.29, 1.82) is 0 Å². The van der Waals surface area contributed by atoms with Crippen molar-refractivity contribution in [2.45, 2.75) is 26.4 Å². The van der Waals surface area contributed by atoms with E-state index < -0.39 is 0 Å². The van der Waals surface area contributed by atoms with Crippen LogP contribution < -0.4 is 5.32 Å². The zero-order valence-corrected chi connectivity index (χ0v) is 11.9. The monoisotopic (exact) mass is 309 g/mol. The van der Waals surface area contributed by atoms with Gasteiger partial charge in [0.2, 0.25) is 0 Å². The average Bonchev–Trinajstić information content (AvgIpc) is 2.77. The molecule has 0 saturated heterocycles. The van der Waals surface area contributed by atoms with Gasteiger partial charge in [0, 0.05) is 16.9 Å². The first-order valence-corrected chi connectivity index (χ1v) is 6.75. The van der Waals surface area contributed by atoms with E-state index in [1.54, 1.807) is 12.5 Å². The van der Waals surface area contributed by atoms with Crippen LogP contribution in [0.2, 0.25) is 0 Å². The van der Waals surface area contributed by atoms with Gasteiger partial charge in [0.15, 0.2) is 5.82 Å². The quantitative estimate of drug-likeness (QED) is 0.829. The molecule has 0 aliphatic heterocycles. The van der Waals surface area contributed by atoms with E-state index in [4.69, 9.17) is 0 Å². The highest BCUT2D eigenvalue weighted by atomic mass is 79.9. The van der Waals surface area contributed by atoms with Crippen molar-refractivity contribution >= 4 is 15.9 Å². The molecule has 5 nitrogen and oxygen atoms in total. The van der Waals surface area contributed by atoms with Crippen molar-refractivity contribution in [3.05, 3.63) is 40.6 Å². The topological polar surface area (TPSA) is 55.6 Å². The third-order valence-corrected chi connectivity index (χ3v) is 2.83. The lowest BCUT2D eigenvalue weighted by Gasteiger charge is -2.01. The van der Waals surface area contributed by atoms with Crippen LogP contribution in [0.15, 0.2) is 29.3 Å². The predicted octanol–water partition coefficient (Wildman–Crippen LogP) is 1.98. The molecular weight excluding hydrogens is 294 g/mol. The van der Waals surface area contributed by atoms with Gasteiger partial charge in [0.25, 0.3) is 0 Å². The Hall–Kier alpha value is -1.27. The van der Waals surface area contributed by atoms with Crippen LogP contribution in [0.1, 0.15) is 24.7 Å². The number of halogens is 1. The van der Waals surface area contributed by atoms with E-state index in [1.165, 1.54) is 0 Å². The summed E-state index contributed by atoms with van der Waals surface area (Å²) in [6.45, 7) is 4.54. The van der Waals surface area contributed by atoms with Gasteiger partial charge in [-0.05, 0) is 40.5 Å². The van der Waals surface area contributed by atoms with Crippen molar-refractivity contribution in [2.75, 3.05) is 6.54 Å². The molecule has 0 amide bonds. The van der Waals surface area contributed by atoms with Gasteiger partial charge in [-0.2, -0.15) is 5.10 Å². The first kappa shape index (κ1) is 13.2. The largest absolute Gasteiger partial charge is 0.310 e. The zero-order valence-electron chi connectivity index (χ0n) is 10.3. The Bertz CT molecular complexity index is 497. The summed E-state index contributed by atoms with van der Waals surface area (Å²) < 4.78 is 2.80. The van der Waals surface area contributed by atoms with Crippen LogP contribution in [0.4, 0.5) is 0 Å². The van der Waals surface area contributed by atoms with Gasteiger partial charge in [0.05, 0.1) is 13.1 Å². The smallest absolute Gasteiger partial charge is 0.164 e. The minimum absolute atomic E-state index is 0.688. The molecule has 2 heterocycles. The maximum absolute atomic E-state index is 4.41. The molecule has 1 N–H and O–H groups in total. The fourth-order valence-corrected chi connectivity index (χ4v) is 2.01. The van der Waals surface area contributed by atoms with E-state index in [0.29, 0.717) is 6.54 Å². The van der Waals surface area contributed by atoms with E-state index in [2.05, 4.69) is 43.2 Å². The summed E-state index contributed by atoms with van der Waals surface area (Å²) in [5.41, 5.74) is 1.10. The molecule has 0 spiro atoms. The molecule has 0 aliphatic carbocycles. The highest BCUT2D eigenvalue weighted by molar-refractivity contribution is 9.10. The molecule has 96 valence electrons. The van der Waals surface area contributed by atoms with Gasteiger partial charge in [-0.1, -0.05) is 6.92 Å². The molecule has 6 heteroatoms. The molecule has 0 bridgehead atoms. The number of hydrogen-bond acceptors (Lipinski definition) is 4. The van der Waals surface area contributed by atoms with Gasteiger partial charge in [0.1, 0.15) is 6.33 Å². The average molecular weight is 310 g/mol. The van der Waals surface area contributed by atoms with Gasteiger partial charge in [-0.15, -0.1) is 0 Å². The molecule has 2 aromatic heterocycles. The summed E-state index contributed by atoms with van der Waals surface area (Å²) in [5, 5.41) is 7.69. The Morgan fingerprint density at radius 2 is 2.28 bits per heavy atom. The lowest BCUT2D eigenvalue weighted by molar-refractivity contribution is 0.624. The molecule has 0 radical (unpaired) electrons. The van der Waals surface area contributed by atoms with Crippen molar-refractivity contribution < 1.29 is 0 Å². The van der Waals surface area contributed by atoms with Crippen LogP contribution in [-0.4, -0.2) is 26.3 Å². The van der Waals surface area contributed by atoms with E-state index in [0.717, 1.165) is 35.4 Å². The molecule has 2 rings (SSSR count). The summed E-state index contributed by atoms with van der Waals surface area (Å²) >= 11 is 3.41. The highest BCUT2D eigenvalue weighted by Gasteiger charge is 2.02. The Labute approximate surface area is 115 Å². The predicted molar refractivity (Wildman–Crippen MR) is 73.1 cm³/mol. The van der Waals surface area contributed by atoms with Crippen molar-refractivity contribution in [2.24, 2.45) is 0 Å². The molecule has 0 saturated carbocycles. The SMILES string of the molecule is CCCNCc1ncn(Cc2cncc(Br)c2)n1. The molecular formula is C12H16BrN5. The Balaban J connectivity index is 1.94. The summed E-state index contributed by atoms with van der Waals surface area (Å²) in [7, 11) is 0. The second-order valence-corrected chi connectivity index (χ2v) is 4.96. The molecule has 0 unspecified atom stereocenters. The summed E-state index contributed by atoms with van der Waals surface area (Å²) in [6, 6.07) is 2.03. The number of nitrogens with one attached hydrogen (secondary N) is 1. The number of rotatable bonds is 6. The van der Waals surface area contributed by atoms with Crippen molar-refractivity contribution in [3.8, 4) is 0 Å². The first-order chi connectivity index (χ1) is 8.78. The third kappa shape index (κ3) is 3.89. The molecule has 0 aliphatic rings. The summed E-state index contributed by atoms with van der Waals surface area (Å²) in [5.74, 6) is 0.825. The third-order valence-electron chi connectivity index (χ3n) is 2.40. The second-order valence-electron chi connectivity index (χ2n) is 4.05. The molecule has 18 heavy (non-hydrogen) atoms. The maximum Gasteiger partial charge on any atom is 0.164 e. The Kier molecular flexibility index (Phi) is 4.83. The molecule has 0 atom stereocenters. The number of nitrogens with zero attached hydrogens (tertiary/aromatic N) is 4. The minimum Gasteiger partial charge on any atom is -0.310 e. The lowest BCUT2D eigenvalue weighted by atomic mass is 10.3. The first-order valence-electron chi connectivity index (χ1n) is 5.96. The van der Waals surface area contributed by atoms with E-state index in [1.807, 2.05) is 16.9 Å². The summed E-state index contributed by atoms with van der Waals surface area (Å²) in [6.07, 6.45) is 6.47. The zero-order chi connectivity index (χ0) is 12.8. The van der Waals surface area contributed by atoms with Crippen LogP contribution in [0.25, 0.3) is 0 Å². The van der Waals surface area contributed by atoms with Crippen LogP contribution in [0.5, 0.6) is 0 Å². The highest BCUT2D eigenvalue weighted by Crippen LogP contribution is 2.10. The molecule has 0 fully saturated rings. The van der Waals surface area contributed by atoms with Gasteiger partial charge >= 0.3 is 0 Å². The van der Waals surface area contributed by atoms with E-state index >= 15 is 0 Å². The molecule has 2 aromatic rings. The normalized spacial score (nSPS) is 10.8. The fraction of sp³-hybridized carbons (Fsp3) is 0.417. The fourth-order valence-electron chi connectivity index (χ4n) is 1.60. The van der Waals surface area contributed by atoms with Crippen molar-refractivity contribution in [3.63, 3.8) is 0 Å². The van der Waals surface area contributed by atoms with Crippen molar-refractivity contribution in [1.82, 2.24) is 25.1 Å². The standard InChI is InChI=1S/C12H16BrN5/c1-2-3-14-7-12-16-9-18(17-12)8-10-4-11(13)6-15-5-10/h4-6,9,14H,2-3,7-8H2,1H3. The van der Waals surface area contributed by atoms with Gasteiger partial charge in [-0.25, -0.2) is 9.67 Å². The van der Waals surface area contributed by atoms with Gasteiger partial charge in [-0.3, -0.25) is 4.98 Å². The van der Waals surface area contributed by atoms with E-state index in [9.17, 15) is 0 Å². The Morgan fingerprint density at radius 1 is 1.39 bits per heavy atom. The summed E-state index contributed by atoms with van der Waals surface area (Å²) in [4.78, 5) is 8.39. The molecule has 0 aromatic carbocycles. The van der Waals surface area contributed by atoms with E-state index in [-0.39, 0.29) is 0 Å². The maximum atomic E-state index is 4.41. The number of pyridine rings is 1. The second kappa shape index (κ2) is 6.61. The Morgan fingerprint density at radius 3 is 3.06 bits per heavy atom. The van der Waals surface area contributed by atoms with Gasteiger partial charge < -0.3 is 5.32 Å².